The summed E-state index contributed by atoms with van der Waals surface area (Å²) < 4.78 is 5.20. The van der Waals surface area contributed by atoms with Gasteiger partial charge < -0.3 is 10.1 Å². The van der Waals surface area contributed by atoms with Crippen LogP contribution in [0.4, 0.5) is 5.69 Å². The zero-order valence-corrected chi connectivity index (χ0v) is 14.3. The second-order valence-corrected chi connectivity index (χ2v) is 6.08. The maximum Gasteiger partial charge on any atom is 0.243 e. The van der Waals surface area contributed by atoms with E-state index < -0.39 is 0 Å². The van der Waals surface area contributed by atoms with Gasteiger partial charge in [-0.3, -0.25) is 9.59 Å². The number of benzene rings is 1. The molecule has 0 aromatic heterocycles. The smallest absolute Gasteiger partial charge is 0.243 e. The van der Waals surface area contributed by atoms with E-state index in [1.165, 1.54) is 6.42 Å². The van der Waals surface area contributed by atoms with Gasteiger partial charge in [0.2, 0.25) is 11.8 Å². The Morgan fingerprint density at radius 2 is 1.92 bits per heavy atom. The Morgan fingerprint density at radius 3 is 2.62 bits per heavy atom. The van der Waals surface area contributed by atoms with E-state index >= 15 is 0 Å². The van der Waals surface area contributed by atoms with Crippen LogP contribution in [0.5, 0.6) is 5.75 Å². The summed E-state index contributed by atoms with van der Waals surface area (Å²) in [7, 11) is 1.55. The quantitative estimate of drug-likeness (QED) is 0.621. The lowest BCUT2D eigenvalue weighted by atomic mass is 9.89. The van der Waals surface area contributed by atoms with E-state index in [9.17, 15) is 9.59 Å². The molecular formula is C18H25N3O3. The van der Waals surface area contributed by atoms with Gasteiger partial charge in [-0.15, -0.1) is 0 Å². The van der Waals surface area contributed by atoms with Crippen LogP contribution < -0.4 is 15.5 Å². The third-order valence-corrected chi connectivity index (χ3v) is 4.13. The fraction of sp³-hybridized carbons (Fsp3) is 0.500. The van der Waals surface area contributed by atoms with Crippen molar-refractivity contribution in [2.45, 2.75) is 45.4 Å². The Balaban J connectivity index is 1.83. The molecule has 2 N–H and O–H groups in total. The molecule has 6 heteroatoms. The molecule has 2 rings (SSSR count). The molecule has 1 fully saturated rings. The van der Waals surface area contributed by atoms with E-state index in [0.717, 1.165) is 25.7 Å². The molecule has 0 saturated heterocycles. The molecule has 0 radical (unpaired) electrons. The fourth-order valence-electron chi connectivity index (χ4n) is 2.82. The Kier molecular flexibility index (Phi) is 6.78. The summed E-state index contributed by atoms with van der Waals surface area (Å²) in [6.45, 7) is 1.73. The summed E-state index contributed by atoms with van der Waals surface area (Å²) in [6, 6.07) is 7.21. The first-order chi connectivity index (χ1) is 11.6. The zero-order valence-electron chi connectivity index (χ0n) is 14.3. The largest absolute Gasteiger partial charge is 0.495 e. The highest BCUT2D eigenvalue weighted by molar-refractivity contribution is 6.06. The monoisotopic (exact) mass is 331 g/mol. The van der Waals surface area contributed by atoms with E-state index in [1.54, 1.807) is 26.2 Å². The van der Waals surface area contributed by atoms with Crippen LogP contribution in [0.15, 0.2) is 29.4 Å². The van der Waals surface area contributed by atoms with Crippen molar-refractivity contribution in [2.24, 2.45) is 11.0 Å². The molecule has 0 heterocycles. The Bertz CT molecular complexity index is 607. The molecule has 1 aliphatic rings. The third kappa shape index (κ3) is 5.37. The van der Waals surface area contributed by atoms with Gasteiger partial charge in [0.1, 0.15) is 5.75 Å². The molecular weight excluding hydrogens is 306 g/mol. The lowest BCUT2D eigenvalue weighted by Gasteiger charge is -2.19. The van der Waals surface area contributed by atoms with Crippen LogP contribution in [0.2, 0.25) is 0 Å². The highest BCUT2D eigenvalue weighted by Gasteiger charge is 2.20. The van der Waals surface area contributed by atoms with Gasteiger partial charge in [-0.2, -0.15) is 5.10 Å². The minimum Gasteiger partial charge on any atom is -0.495 e. The Morgan fingerprint density at radius 1 is 1.21 bits per heavy atom. The van der Waals surface area contributed by atoms with Crippen LogP contribution >= 0.6 is 0 Å². The van der Waals surface area contributed by atoms with Gasteiger partial charge in [-0.1, -0.05) is 31.4 Å². The van der Waals surface area contributed by atoms with Gasteiger partial charge in [-0.05, 0) is 31.9 Å². The van der Waals surface area contributed by atoms with Crippen molar-refractivity contribution in [2.75, 3.05) is 12.4 Å². The van der Waals surface area contributed by atoms with Crippen molar-refractivity contribution in [1.82, 2.24) is 5.43 Å². The number of anilines is 1. The van der Waals surface area contributed by atoms with Crippen molar-refractivity contribution in [3.8, 4) is 5.75 Å². The summed E-state index contributed by atoms with van der Waals surface area (Å²) in [6.07, 6.45) is 5.37. The van der Waals surface area contributed by atoms with Gasteiger partial charge >= 0.3 is 0 Å². The molecule has 0 spiro atoms. The number of amides is 2. The minimum absolute atomic E-state index is 0.0424. The average Bonchev–Trinajstić information content (AvgIpc) is 2.60. The molecule has 1 aromatic rings. The molecule has 2 amide bonds. The van der Waals surface area contributed by atoms with Gasteiger partial charge in [0.25, 0.3) is 0 Å². The number of hydrazone groups is 1. The Labute approximate surface area is 142 Å². The summed E-state index contributed by atoms with van der Waals surface area (Å²) >= 11 is 0. The molecule has 0 bridgehead atoms. The van der Waals surface area contributed by atoms with E-state index in [-0.39, 0.29) is 24.2 Å². The summed E-state index contributed by atoms with van der Waals surface area (Å²) in [5.74, 6) is 0.413. The van der Waals surface area contributed by atoms with Crippen LogP contribution in [0.1, 0.15) is 45.4 Å². The normalized spacial score (nSPS) is 15.7. The number of ether oxygens (including phenoxy) is 1. The van der Waals surface area contributed by atoms with E-state index in [4.69, 9.17) is 4.74 Å². The van der Waals surface area contributed by atoms with Crippen molar-refractivity contribution >= 4 is 23.2 Å². The highest BCUT2D eigenvalue weighted by Crippen LogP contribution is 2.24. The summed E-state index contributed by atoms with van der Waals surface area (Å²) in [5, 5.41) is 6.83. The van der Waals surface area contributed by atoms with Crippen LogP contribution in [-0.2, 0) is 9.59 Å². The SMILES string of the molecule is COc1ccccc1NC(=O)CC(C)=NNC(=O)C1CCCCC1. The second-order valence-electron chi connectivity index (χ2n) is 6.08. The fourth-order valence-corrected chi connectivity index (χ4v) is 2.82. The molecule has 0 unspecified atom stereocenters. The van der Waals surface area contributed by atoms with Crippen molar-refractivity contribution in [3.63, 3.8) is 0 Å². The van der Waals surface area contributed by atoms with Crippen LogP contribution in [0.25, 0.3) is 0 Å². The van der Waals surface area contributed by atoms with E-state index in [2.05, 4.69) is 15.8 Å². The Hall–Kier alpha value is -2.37. The van der Waals surface area contributed by atoms with Gasteiger partial charge in [0.05, 0.1) is 19.2 Å². The number of rotatable bonds is 6. The molecule has 24 heavy (non-hydrogen) atoms. The van der Waals surface area contributed by atoms with Crippen LogP contribution in [0.3, 0.4) is 0 Å². The number of nitrogens with zero attached hydrogens (tertiary/aromatic N) is 1. The first-order valence-corrected chi connectivity index (χ1v) is 8.36. The lowest BCUT2D eigenvalue weighted by Crippen LogP contribution is -2.29. The van der Waals surface area contributed by atoms with Crippen molar-refractivity contribution in [1.29, 1.82) is 0 Å². The molecule has 0 aliphatic heterocycles. The average molecular weight is 331 g/mol. The standard InChI is InChI=1S/C18H25N3O3/c1-13(20-21-18(23)14-8-4-3-5-9-14)12-17(22)19-15-10-6-7-11-16(15)24-2/h6-7,10-11,14H,3-5,8-9,12H2,1-2H3,(H,19,22)(H,21,23). The number of hydrogen-bond donors (Lipinski definition) is 2. The number of hydrogen-bond acceptors (Lipinski definition) is 4. The number of carbonyl (C=O) groups is 2. The predicted octanol–water partition coefficient (Wildman–Crippen LogP) is 3.10. The summed E-state index contributed by atoms with van der Waals surface area (Å²) in [5.41, 5.74) is 3.76. The first kappa shape index (κ1) is 18.0. The molecule has 0 atom stereocenters. The molecule has 130 valence electrons. The van der Waals surface area contributed by atoms with Gasteiger partial charge in [0, 0.05) is 11.6 Å². The molecule has 1 saturated carbocycles. The zero-order chi connectivity index (χ0) is 17.4. The highest BCUT2D eigenvalue weighted by atomic mass is 16.5. The van der Waals surface area contributed by atoms with Gasteiger partial charge in [-0.25, -0.2) is 5.43 Å². The number of methoxy groups -OCH3 is 1. The number of para-hydroxylation sites is 2. The summed E-state index contributed by atoms with van der Waals surface area (Å²) in [4.78, 5) is 24.1. The molecule has 1 aromatic carbocycles. The third-order valence-electron chi connectivity index (χ3n) is 4.13. The second kappa shape index (κ2) is 9.05. The van der Waals surface area contributed by atoms with Crippen molar-refractivity contribution < 1.29 is 14.3 Å². The number of nitrogens with one attached hydrogen (secondary N) is 2. The molecule has 1 aliphatic carbocycles. The van der Waals surface area contributed by atoms with Crippen LogP contribution in [0, 0.1) is 5.92 Å². The maximum absolute atomic E-state index is 12.1. The number of carbonyl (C=O) groups excluding carboxylic acids is 2. The molecule has 6 nitrogen and oxygen atoms in total. The maximum atomic E-state index is 12.1. The topological polar surface area (TPSA) is 79.8 Å². The van der Waals surface area contributed by atoms with E-state index in [1.807, 2.05) is 12.1 Å². The van der Waals surface area contributed by atoms with E-state index in [0.29, 0.717) is 17.1 Å². The van der Waals surface area contributed by atoms with Gasteiger partial charge in [0.15, 0.2) is 0 Å². The van der Waals surface area contributed by atoms with Crippen LogP contribution in [-0.4, -0.2) is 24.6 Å². The predicted molar refractivity (Wildman–Crippen MR) is 94.1 cm³/mol. The minimum atomic E-state index is -0.201. The first-order valence-electron chi connectivity index (χ1n) is 8.36. The lowest BCUT2D eigenvalue weighted by molar-refractivity contribution is -0.126. The van der Waals surface area contributed by atoms with Crippen molar-refractivity contribution in [3.05, 3.63) is 24.3 Å².